The molecule has 0 spiro atoms. The molecule has 3 aromatic rings. The number of thiazole rings is 1. The lowest BCUT2D eigenvalue weighted by Gasteiger charge is -2.34. The minimum absolute atomic E-state index is 0.0135. The van der Waals surface area contributed by atoms with Crippen molar-refractivity contribution in [3.05, 3.63) is 58.4 Å². The number of aromatic nitrogens is 1. The fourth-order valence-corrected chi connectivity index (χ4v) is 6.26. The summed E-state index contributed by atoms with van der Waals surface area (Å²) in [6.07, 6.45) is 0.243. The van der Waals surface area contributed by atoms with E-state index in [9.17, 15) is 13.2 Å². The second-order valence-electron chi connectivity index (χ2n) is 6.90. The van der Waals surface area contributed by atoms with Gasteiger partial charge in [0.15, 0.2) is 0 Å². The number of piperazine rings is 1. The number of hydrogen-bond acceptors (Lipinski definition) is 6. The molecule has 1 aliphatic heterocycles. The first-order chi connectivity index (χ1) is 13.9. The van der Waals surface area contributed by atoms with Gasteiger partial charge in [0.2, 0.25) is 15.9 Å². The molecular formula is C20H21N3O3S3. The van der Waals surface area contributed by atoms with Crippen LogP contribution in [0, 0.1) is 6.92 Å². The van der Waals surface area contributed by atoms with E-state index in [2.05, 4.69) is 4.98 Å². The molecule has 152 valence electrons. The SMILES string of the molecule is Cc1ccc(S(=O)(=O)N2CCN(C(=O)Cc3csc(-c4cccs4)n3)CC2)cc1. The minimum Gasteiger partial charge on any atom is -0.340 e. The Bertz CT molecular complexity index is 1080. The van der Waals surface area contributed by atoms with Crippen molar-refractivity contribution in [2.24, 2.45) is 0 Å². The lowest BCUT2D eigenvalue weighted by Crippen LogP contribution is -2.50. The van der Waals surface area contributed by atoms with Gasteiger partial charge in [-0.3, -0.25) is 4.79 Å². The third-order valence-electron chi connectivity index (χ3n) is 4.87. The zero-order valence-electron chi connectivity index (χ0n) is 15.9. The van der Waals surface area contributed by atoms with Gasteiger partial charge in [-0.25, -0.2) is 13.4 Å². The number of nitrogens with zero attached hydrogens (tertiary/aromatic N) is 3. The number of carbonyl (C=O) groups excluding carboxylic acids is 1. The van der Waals surface area contributed by atoms with E-state index in [-0.39, 0.29) is 12.3 Å². The predicted octanol–water partition coefficient (Wildman–Crippen LogP) is 3.26. The first-order valence-electron chi connectivity index (χ1n) is 9.26. The summed E-state index contributed by atoms with van der Waals surface area (Å²) in [5, 5.41) is 4.85. The highest BCUT2D eigenvalue weighted by atomic mass is 32.2. The summed E-state index contributed by atoms with van der Waals surface area (Å²) >= 11 is 3.17. The fraction of sp³-hybridized carbons (Fsp3) is 0.300. The molecule has 6 nitrogen and oxygen atoms in total. The van der Waals surface area contributed by atoms with Crippen LogP contribution >= 0.6 is 22.7 Å². The van der Waals surface area contributed by atoms with Gasteiger partial charge in [0, 0.05) is 31.6 Å². The Hall–Kier alpha value is -2.07. The summed E-state index contributed by atoms with van der Waals surface area (Å²) < 4.78 is 27.0. The third kappa shape index (κ3) is 4.42. The van der Waals surface area contributed by atoms with Crippen LogP contribution in [0.1, 0.15) is 11.3 Å². The summed E-state index contributed by atoms with van der Waals surface area (Å²) in [6.45, 7) is 3.32. The first-order valence-corrected chi connectivity index (χ1v) is 12.5. The average molecular weight is 448 g/mol. The normalized spacial score (nSPS) is 15.6. The maximum Gasteiger partial charge on any atom is 0.243 e. The lowest BCUT2D eigenvalue weighted by atomic mass is 10.2. The predicted molar refractivity (Wildman–Crippen MR) is 116 cm³/mol. The minimum atomic E-state index is -3.52. The molecule has 0 bridgehead atoms. The Morgan fingerprint density at radius 2 is 1.79 bits per heavy atom. The van der Waals surface area contributed by atoms with Crippen LogP contribution in [0.4, 0.5) is 0 Å². The maximum absolute atomic E-state index is 12.8. The van der Waals surface area contributed by atoms with Gasteiger partial charge in [0.25, 0.3) is 0 Å². The van der Waals surface area contributed by atoms with E-state index in [1.54, 1.807) is 40.5 Å². The van der Waals surface area contributed by atoms with Crippen LogP contribution in [-0.2, 0) is 21.2 Å². The van der Waals surface area contributed by atoms with E-state index in [1.807, 2.05) is 29.8 Å². The van der Waals surface area contributed by atoms with Gasteiger partial charge in [-0.2, -0.15) is 4.31 Å². The first kappa shape index (κ1) is 20.2. The van der Waals surface area contributed by atoms with Crippen molar-refractivity contribution in [2.75, 3.05) is 26.2 Å². The smallest absolute Gasteiger partial charge is 0.243 e. The topological polar surface area (TPSA) is 70.6 Å². The zero-order chi connectivity index (χ0) is 20.4. The molecule has 0 radical (unpaired) electrons. The molecular weight excluding hydrogens is 426 g/mol. The second-order valence-corrected chi connectivity index (χ2v) is 10.6. The van der Waals surface area contributed by atoms with E-state index in [0.717, 1.165) is 21.1 Å². The van der Waals surface area contributed by atoms with E-state index < -0.39 is 10.0 Å². The van der Waals surface area contributed by atoms with Gasteiger partial charge in [0.1, 0.15) is 5.01 Å². The third-order valence-corrected chi connectivity index (χ3v) is 8.71. The zero-order valence-corrected chi connectivity index (χ0v) is 18.4. The molecule has 3 heterocycles. The van der Waals surface area contributed by atoms with E-state index in [1.165, 1.54) is 15.6 Å². The lowest BCUT2D eigenvalue weighted by molar-refractivity contribution is -0.131. The Morgan fingerprint density at radius 1 is 1.07 bits per heavy atom. The molecule has 0 unspecified atom stereocenters. The quantitative estimate of drug-likeness (QED) is 0.602. The van der Waals surface area contributed by atoms with E-state index in [0.29, 0.717) is 31.1 Å². The standard InChI is InChI=1S/C20H21N3O3S3/c1-15-4-6-17(7-5-15)29(25,26)23-10-8-22(9-11-23)19(24)13-16-14-28-20(21-16)18-3-2-12-27-18/h2-7,12,14H,8-11,13H2,1H3. The van der Waals surface area contributed by atoms with Crippen LogP contribution in [-0.4, -0.2) is 54.7 Å². The van der Waals surface area contributed by atoms with Gasteiger partial charge >= 0.3 is 0 Å². The fourth-order valence-electron chi connectivity index (χ4n) is 3.21. The van der Waals surface area contributed by atoms with Crippen molar-refractivity contribution < 1.29 is 13.2 Å². The van der Waals surface area contributed by atoms with Gasteiger partial charge < -0.3 is 4.90 Å². The van der Waals surface area contributed by atoms with Crippen molar-refractivity contribution in [1.29, 1.82) is 0 Å². The molecule has 0 atom stereocenters. The van der Waals surface area contributed by atoms with Crippen LogP contribution in [0.5, 0.6) is 0 Å². The highest BCUT2D eigenvalue weighted by molar-refractivity contribution is 7.89. The highest BCUT2D eigenvalue weighted by Gasteiger charge is 2.30. The van der Waals surface area contributed by atoms with Crippen LogP contribution in [0.15, 0.2) is 52.1 Å². The number of rotatable bonds is 5. The summed E-state index contributed by atoms with van der Waals surface area (Å²) in [5.74, 6) is -0.0135. The van der Waals surface area contributed by atoms with Gasteiger partial charge in [-0.1, -0.05) is 23.8 Å². The summed E-state index contributed by atoms with van der Waals surface area (Å²) in [7, 11) is -3.52. The molecule has 29 heavy (non-hydrogen) atoms. The maximum atomic E-state index is 12.8. The second kappa shape index (κ2) is 8.35. The molecule has 2 aromatic heterocycles. The Balaban J connectivity index is 1.35. The molecule has 1 fully saturated rings. The number of hydrogen-bond donors (Lipinski definition) is 0. The van der Waals surface area contributed by atoms with Crippen molar-refractivity contribution >= 4 is 38.6 Å². The molecule has 0 saturated carbocycles. The van der Waals surface area contributed by atoms with E-state index >= 15 is 0 Å². The van der Waals surface area contributed by atoms with Crippen molar-refractivity contribution in [1.82, 2.24) is 14.2 Å². The van der Waals surface area contributed by atoms with Crippen molar-refractivity contribution in [2.45, 2.75) is 18.2 Å². The van der Waals surface area contributed by atoms with Gasteiger partial charge in [0.05, 0.1) is 21.9 Å². The highest BCUT2D eigenvalue weighted by Crippen LogP contribution is 2.28. The molecule has 1 aromatic carbocycles. The Morgan fingerprint density at radius 3 is 2.45 bits per heavy atom. The Kier molecular flexibility index (Phi) is 5.82. The van der Waals surface area contributed by atoms with Crippen LogP contribution in [0.3, 0.4) is 0 Å². The van der Waals surface area contributed by atoms with Gasteiger partial charge in [-0.05, 0) is 30.5 Å². The molecule has 0 N–H and O–H groups in total. The molecule has 4 rings (SSSR count). The molecule has 0 aliphatic carbocycles. The largest absolute Gasteiger partial charge is 0.340 e. The molecule has 1 amide bonds. The number of amides is 1. The van der Waals surface area contributed by atoms with E-state index in [4.69, 9.17) is 0 Å². The van der Waals surface area contributed by atoms with Crippen molar-refractivity contribution in [3.63, 3.8) is 0 Å². The number of aryl methyl sites for hydroxylation is 1. The number of benzene rings is 1. The molecule has 1 saturated heterocycles. The molecule has 1 aliphatic rings. The average Bonchev–Trinajstić information content (AvgIpc) is 3.40. The van der Waals surface area contributed by atoms with Crippen LogP contribution in [0.25, 0.3) is 9.88 Å². The Labute approximate surface area is 178 Å². The summed E-state index contributed by atoms with van der Waals surface area (Å²) in [4.78, 5) is 20.3. The molecule has 9 heteroatoms. The van der Waals surface area contributed by atoms with Crippen LogP contribution in [0.2, 0.25) is 0 Å². The number of thiophene rings is 1. The number of sulfonamides is 1. The van der Waals surface area contributed by atoms with Gasteiger partial charge in [-0.15, -0.1) is 22.7 Å². The van der Waals surface area contributed by atoms with Crippen LogP contribution < -0.4 is 0 Å². The van der Waals surface area contributed by atoms with Crippen molar-refractivity contribution in [3.8, 4) is 9.88 Å². The monoisotopic (exact) mass is 447 g/mol. The number of carbonyl (C=O) groups is 1. The summed E-state index contributed by atoms with van der Waals surface area (Å²) in [5.41, 5.74) is 1.78. The summed E-state index contributed by atoms with van der Waals surface area (Å²) in [6, 6.07) is 10.9.